The van der Waals surface area contributed by atoms with E-state index in [0.29, 0.717) is 19.3 Å². The molecule has 0 radical (unpaired) electrons. The Balaban J connectivity index is 1.61. The van der Waals surface area contributed by atoms with Gasteiger partial charge in [0.05, 0.1) is 0 Å². The maximum absolute atomic E-state index is 12.0. The van der Waals surface area contributed by atoms with E-state index in [1.807, 2.05) is 49.4 Å². The second-order valence-electron chi connectivity index (χ2n) is 10.1. The second kappa shape index (κ2) is 12.4. The van der Waals surface area contributed by atoms with Gasteiger partial charge in [0.25, 0.3) is 0 Å². The standard InChI is InChI=1S/C28H37NO7S/c1-16-8-13-19(25-23(32)22(31)24(33)26(36-25)37-4)15-20(16)14-18-11-9-17(10-12-18)6-5-7-21(30)29-28(2,3)27(34)35/h8-13,15,22-26,31-33H,5-7,14H2,1-4H3,(H,29,30)(H,34,35)/t22-,23-,24+,25+,26-/m1/s1. The molecule has 1 saturated heterocycles. The van der Waals surface area contributed by atoms with Crippen LogP contribution < -0.4 is 5.32 Å². The third-order valence-electron chi connectivity index (χ3n) is 6.78. The Morgan fingerprint density at radius 2 is 1.65 bits per heavy atom. The van der Waals surface area contributed by atoms with E-state index in [1.54, 1.807) is 6.26 Å². The Morgan fingerprint density at radius 3 is 2.27 bits per heavy atom. The van der Waals surface area contributed by atoms with Crippen molar-refractivity contribution >= 4 is 23.6 Å². The van der Waals surface area contributed by atoms with Crippen LogP contribution in [0.1, 0.15) is 60.6 Å². The molecule has 1 aliphatic heterocycles. The van der Waals surface area contributed by atoms with E-state index in [9.17, 15) is 24.9 Å². The molecule has 1 fully saturated rings. The first kappa shape index (κ1) is 29.1. The number of carboxylic acids is 1. The number of aliphatic hydroxyl groups is 3. The smallest absolute Gasteiger partial charge is 0.328 e. The largest absolute Gasteiger partial charge is 0.480 e. The summed E-state index contributed by atoms with van der Waals surface area (Å²) in [5.74, 6) is -1.35. The molecule has 0 bridgehead atoms. The van der Waals surface area contributed by atoms with E-state index >= 15 is 0 Å². The number of ether oxygens (including phenoxy) is 1. The maximum Gasteiger partial charge on any atom is 0.328 e. The minimum atomic E-state index is -1.29. The summed E-state index contributed by atoms with van der Waals surface area (Å²) in [5.41, 5.74) is 3.19. The number of amides is 1. The molecule has 0 unspecified atom stereocenters. The van der Waals surface area contributed by atoms with Crippen LogP contribution in [-0.2, 0) is 27.2 Å². The number of nitrogens with one attached hydrogen (secondary N) is 1. The Bertz CT molecular complexity index is 1090. The maximum atomic E-state index is 12.0. The molecule has 5 atom stereocenters. The molecule has 9 heteroatoms. The molecule has 202 valence electrons. The molecule has 1 aliphatic rings. The first-order valence-electron chi connectivity index (χ1n) is 12.4. The first-order chi connectivity index (χ1) is 17.4. The Kier molecular flexibility index (Phi) is 9.77. The lowest BCUT2D eigenvalue weighted by Crippen LogP contribution is -2.52. The summed E-state index contributed by atoms with van der Waals surface area (Å²) in [7, 11) is 0. The Morgan fingerprint density at radius 1 is 1.00 bits per heavy atom. The van der Waals surface area contributed by atoms with Crippen molar-refractivity contribution in [3.05, 3.63) is 70.3 Å². The van der Waals surface area contributed by atoms with Gasteiger partial charge in [0.1, 0.15) is 35.4 Å². The number of aliphatic hydroxyl groups excluding tert-OH is 3. The molecule has 5 N–H and O–H groups in total. The molecular weight excluding hydrogens is 494 g/mol. The van der Waals surface area contributed by atoms with Gasteiger partial charge in [-0.3, -0.25) is 4.79 Å². The lowest BCUT2D eigenvalue weighted by molar-refractivity contribution is -0.200. The normalized spacial score (nSPS) is 24.0. The highest BCUT2D eigenvalue weighted by atomic mass is 32.2. The summed E-state index contributed by atoms with van der Waals surface area (Å²) >= 11 is 1.29. The van der Waals surface area contributed by atoms with E-state index in [2.05, 4.69) is 5.32 Å². The van der Waals surface area contributed by atoms with Gasteiger partial charge in [0.2, 0.25) is 5.91 Å². The van der Waals surface area contributed by atoms with E-state index in [0.717, 1.165) is 27.8 Å². The SMILES string of the molecule is CS[C@H]1O[C@@H](c2ccc(C)c(Cc3ccc(CCCC(=O)NC(C)(C)C(=O)O)cc3)c2)[C@H](O)[C@@H](O)[C@@H]1O. The predicted molar refractivity (Wildman–Crippen MR) is 142 cm³/mol. The fourth-order valence-electron chi connectivity index (χ4n) is 4.34. The van der Waals surface area contributed by atoms with Crippen molar-refractivity contribution in [2.75, 3.05) is 6.26 Å². The van der Waals surface area contributed by atoms with Crippen LogP contribution >= 0.6 is 11.8 Å². The molecule has 0 aliphatic carbocycles. The van der Waals surface area contributed by atoms with Crippen LogP contribution in [0, 0.1) is 6.92 Å². The molecular formula is C28H37NO7S. The summed E-state index contributed by atoms with van der Waals surface area (Å²) in [6, 6.07) is 14.0. The van der Waals surface area contributed by atoms with Crippen molar-refractivity contribution in [1.82, 2.24) is 5.32 Å². The third-order valence-corrected chi connectivity index (χ3v) is 7.63. The number of hydrogen-bond donors (Lipinski definition) is 5. The number of hydrogen-bond acceptors (Lipinski definition) is 7. The van der Waals surface area contributed by atoms with E-state index < -0.39 is 41.4 Å². The molecule has 0 spiro atoms. The molecule has 2 aromatic rings. The highest BCUT2D eigenvalue weighted by Crippen LogP contribution is 2.36. The zero-order valence-corrected chi connectivity index (χ0v) is 22.5. The fourth-order valence-corrected chi connectivity index (χ4v) is 5.01. The number of carboxylic acid groups (broad SMARTS) is 1. The summed E-state index contributed by atoms with van der Waals surface area (Å²) in [5, 5.41) is 42.6. The van der Waals surface area contributed by atoms with Crippen molar-refractivity contribution in [1.29, 1.82) is 0 Å². The van der Waals surface area contributed by atoms with Crippen LogP contribution in [0.15, 0.2) is 42.5 Å². The van der Waals surface area contributed by atoms with E-state index in [1.165, 1.54) is 25.6 Å². The predicted octanol–water partition coefficient (Wildman–Crippen LogP) is 2.73. The number of thioether (sulfide) groups is 1. The van der Waals surface area contributed by atoms with Crippen LogP contribution in [0.3, 0.4) is 0 Å². The van der Waals surface area contributed by atoms with Gasteiger partial charge < -0.3 is 30.5 Å². The average molecular weight is 532 g/mol. The number of carbonyl (C=O) groups excluding carboxylic acids is 1. The zero-order valence-electron chi connectivity index (χ0n) is 21.7. The topological polar surface area (TPSA) is 136 Å². The Hall–Kier alpha value is -2.43. The average Bonchev–Trinajstić information content (AvgIpc) is 2.85. The van der Waals surface area contributed by atoms with Gasteiger partial charge in [-0.2, -0.15) is 0 Å². The molecule has 8 nitrogen and oxygen atoms in total. The summed E-state index contributed by atoms with van der Waals surface area (Å²) in [4.78, 5) is 23.2. The van der Waals surface area contributed by atoms with Gasteiger partial charge in [-0.1, -0.05) is 42.5 Å². The highest BCUT2D eigenvalue weighted by molar-refractivity contribution is 7.99. The second-order valence-corrected chi connectivity index (χ2v) is 11.1. The van der Waals surface area contributed by atoms with Crippen molar-refractivity contribution < 1.29 is 34.8 Å². The quantitative estimate of drug-likeness (QED) is 0.316. The van der Waals surface area contributed by atoms with Gasteiger partial charge in [0, 0.05) is 6.42 Å². The lowest BCUT2D eigenvalue weighted by Gasteiger charge is -2.40. The minimum absolute atomic E-state index is 0.253. The van der Waals surface area contributed by atoms with Crippen LogP contribution in [0.25, 0.3) is 0 Å². The number of rotatable bonds is 10. The Labute approximate surface area is 222 Å². The zero-order chi connectivity index (χ0) is 27.3. The van der Waals surface area contributed by atoms with Crippen molar-refractivity contribution in [2.24, 2.45) is 0 Å². The summed E-state index contributed by atoms with van der Waals surface area (Å²) < 4.78 is 5.92. The van der Waals surface area contributed by atoms with Crippen LogP contribution in [0.5, 0.6) is 0 Å². The van der Waals surface area contributed by atoms with Gasteiger partial charge in [-0.15, -0.1) is 11.8 Å². The van der Waals surface area contributed by atoms with Gasteiger partial charge in [-0.25, -0.2) is 4.79 Å². The van der Waals surface area contributed by atoms with E-state index in [-0.39, 0.29) is 12.3 Å². The number of carbonyl (C=O) groups is 2. The molecule has 3 rings (SSSR count). The third kappa shape index (κ3) is 7.33. The molecule has 1 amide bonds. The van der Waals surface area contributed by atoms with Crippen LogP contribution in [0.2, 0.25) is 0 Å². The first-order valence-corrected chi connectivity index (χ1v) is 13.7. The van der Waals surface area contributed by atoms with Crippen molar-refractivity contribution in [3.63, 3.8) is 0 Å². The molecule has 0 saturated carbocycles. The van der Waals surface area contributed by atoms with E-state index in [4.69, 9.17) is 9.84 Å². The van der Waals surface area contributed by atoms with Gasteiger partial charge in [0.15, 0.2) is 0 Å². The lowest BCUT2D eigenvalue weighted by atomic mass is 9.91. The molecule has 2 aromatic carbocycles. The summed E-state index contributed by atoms with van der Waals surface area (Å²) in [6.07, 6.45) is -0.384. The molecule has 1 heterocycles. The number of aryl methyl sites for hydroxylation is 2. The molecule has 0 aromatic heterocycles. The number of benzene rings is 2. The minimum Gasteiger partial charge on any atom is -0.480 e. The van der Waals surface area contributed by atoms with Crippen LogP contribution in [0.4, 0.5) is 0 Å². The number of aliphatic carboxylic acids is 1. The van der Waals surface area contributed by atoms with Gasteiger partial charge in [-0.05, 0) is 74.1 Å². The fraction of sp³-hybridized carbons (Fsp3) is 0.500. The summed E-state index contributed by atoms with van der Waals surface area (Å²) in [6.45, 7) is 4.94. The van der Waals surface area contributed by atoms with Gasteiger partial charge >= 0.3 is 5.97 Å². The van der Waals surface area contributed by atoms with Crippen LogP contribution in [-0.4, -0.2) is 67.8 Å². The van der Waals surface area contributed by atoms with Crippen molar-refractivity contribution in [2.45, 2.75) is 81.8 Å². The highest BCUT2D eigenvalue weighted by Gasteiger charge is 2.44. The molecule has 37 heavy (non-hydrogen) atoms. The monoisotopic (exact) mass is 531 g/mol. The van der Waals surface area contributed by atoms with Crippen molar-refractivity contribution in [3.8, 4) is 0 Å².